The number of hydrogen-bond donors (Lipinski definition) is 0. The molecule has 0 unspecified atom stereocenters. The molecule has 2 fully saturated rings. The van der Waals surface area contributed by atoms with Crippen LogP contribution in [-0.2, 0) is 16.0 Å². The first kappa shape index (κ1) is 14.4. The smallest absolute Gasteiger partial charge is 0.0798 e. The van der Waals surface area contributed by atoms with Crippen LogP contribution in [-0.4, -0.2) is 49.4 Å². The molecule has 3 rings (SSSR count). The summed E-state index contributed by atoms with van der Waals surface area (Å²) < 4.78 is 11.6. The van der Waals surface area contributed by atoms with E-state index in [9.17, 15) is 0 Å². The first-order valence-electron chi connectivity index (χ1n) is 7.45. The van der Waals surface area contributed by atoms with E-state index in [2.05, 4.69) is 16.8 Å². The van der Waals surface area contributed by atoms with Crippen LogP contribution < -0.4 is 0 Å². The maximum Gasteiger partial charge on any atom is 0.0798 e. The van der Waals surface area contributed by atoms with Gasteiger partial charge in [0.05, 0.1) is 23.9 Å². The molecule has 4 nitrogen and oxygen atoms in total. The van der Waals surface area contributed by atoms with Crippen molar-refractivity contribution in [1.82, 2.24) is 9.88 Å². The van der Waals surface area contributed by atoms with Crippen LogP contribution in [0.3, 0.4) is 0 Å². The highest BCUT2D eigenvalue weighted by Crippen LogP contribution is 2.40. The van der Waals surface area contributed by atoms with Crippen molar-refractivity contribution < 1.29 is 9.47 Å². The number of nitrogens with zero attached hydrogens (tertiary/aromatic N) is 2. The molecule has 20 heavy (non-hydrogen) atoms. The van der Waals surface area contributed by atoms with Crippen molar-refractivity contribution in [2.45, 2.75) is 38.8 Å². The Morgan fingerprint density at radius 2 is 2.50 bits per heavy atom. The van der Waals surface area contributed by atoms with Gasteiger partial charge in [-0.2, -0.15) is 0 Å². The third-order valence-corrected chi connectivity index (χ3v) is 5.63. The summed E-state index contributed by atoms with van der Waals surface area (Å²) in [6.07, 6.45) is 3.90. The molecule has 0 radical (unpaired) electrons. The van der Waals surface area contributed by atoms with Crippen LogP contribution in [0.25, 0.3) is 0 Å². The second kappa shape index (κ2) is 6.10. The van der Waals surface area contributed by atoms with Crippen LogP contribution in [0.2, 0.25) is 0 Å². The Labute approximate surface area is 125 Å². The quantitative estimate of drug-likeness (QED) is 0.855. The van der Waals surface area contributed by atoms with Gasteiger partial charge in [0, 0.05) is 43.6 Å². The van der Waals surface area contributed by atoms with Crippen molar-refractivity contribution in [3.05, 3.63) is 16.1 Å². The molecule has 0 saturated carbocycles. The molecule has 5 heteroatoms. The Balaban J connectivity index is 1.71. The second-order valence-electron chi connectivity index (χ2n) is 6.12. The number of ether oxygens (including phenoxy) is 2. The maximum absolute atomic E-state index is 6.03. The van der Waals surface area contributed by atoms with E-state index in [0.29, 0.717) is 6.10 Å². The molecule has 0 N–H and O–H groups in total. The highest BCUT2D eigenvalue weighted by atomic mass is 32.1. The fourth-order valence-electron chi connectivity index (χ4n) is 3.70. The minimum absolute atomic E-state index is 0.198. The number of thiazole rings is 1. The zero-order valence-corrected chi connectivity index (χ0v) is 13.2. The summed E-state index contributed by atoms with van der Waals surface area (Å²) in [6, 6.07) is 0. The number of aryl methyl sites for hydroxylation is 1. The molecule has 0 spiro atoms. The first-order chi connectivity index (χ1) is 9.73. The summed E-state index contributed by atoms with van der Waals surface area (Å²) in [6.45, 7) is 7.07. The van der Waals surface area contributed by atoms with Crippen molar-refractivity contribution in [1.29, 1.82) is 0 Å². The predicted molar refractivity (Wildman–Crippen MR) is 80.0 cm³/mol. The summed E-state index contributed by atoms with van der Waals surface area (Å²) in [5.41, 5.74) is 3.33. The summed E-state index contributed by atoms with van der Waals surface area (Å²) in [7, 11) is 1.81. The maximum atomic E-state index is 6.03. The van der Waals surface area contributed by atoms with Gasteiger partial charge in [0.2, 0.25) is 0 Å². The minimum Gasteiger partial charge on any atom is -0.384 e. The lowest BCUT2D eigenvalue weighted by molar-refractivity contribution is -0.149. The molecule has 0 amide bonds. The van der Waals surface area contributed by atoms with Crippen molar-refractivity contribution in [2.24, 2.45) is 5.41 Å². The Kier molecular flexibility index (Phi) is 4.40. The van der Waals surface area contributed by atoms with Gasteiger partial charge < -0.3 is 9.47 Å². The van der Waals surface area contributed by atoms with E-state index in [-0.39, 0.29) is 5.41 Å². The number of hydrogen-bond acceptors (Lipinski definition) is 5. The highest BCUT2D eigenvalue weighted by molar-refractivity contribution is 7.09. The van der Waals surface area contributed by atoms with Gasteiger partial charge >= 0.3 is 0 Å². The van der Waals surface area contributed by atoms with E-state index in [1.807, 2.05) is 12.6 Å². The fourth-order valence-corrected chi connectivity index (χ4v) is 4.51. The summed E-state index contributed by atoms with van der Waals surface area (Å²) >= 11 is 1.77. The SMILES string of the molecule is COC[C@]12CCCO[C@@H]1CCN(Cc1scnc1C)C2. The van der Waals surface area contributed by atoms with Crippen LogP contribution in [0, 0.1) is 12.3 Å². The van der Waals surface area contributed by atoms with E-state index in [1.165, 1.54) is 17.0 Å². The van der Waals surface area contributed by atoms with Crippen LogP contribution in [0.5, 0.6) is 0 Å². The largest absolute Gasteiger partial charge is 0.384 e. The highest BCUT2D eigenvalue weighted by Gasteiger charge is 2.45. The third-order valence-electron chi connectivity index (χ3n) is 4.71. The number of rotatable bonds is 4. The number of piperidine rings is 1. The number of fused-ring (bicyclic) bond motifs is 1. The number of likely N-dealkylation sites (tertiary alicyclic amines) is 1. The van der Waals surface area contributed by atoms with Gasteiger partial charge in [0.15, 0.2) is 0 Å². The van der Waals surface area contributed by atoms with E-state index < -0.39 is 0 Å². The molecule has 1 aromatic heterocycles. The molecule has 2 saturated heterocycles. The zero-order valence-electron chi connectivity index (χ0n) is 12.4. The Bertz CT molecular complexity index is 447. The molecule has 2 aliphatic heterocycles. The van der Waals surface area contributed by atoms with Gasteiger partial charge in [-0.15, -0.1) is 11.3 Å². The molecule has 0 aromatic carbocycles. The molecular weight excluding hydrogens is 272 g/mol. The average molecular weight is 296 g/mol. The number of aromatic nitrogens is 1. The van der Waals surface area contributed by atoms with Crippen molar-refractivity contribution in [2.75, 3.05) is 33.4 Å². The van der Waals surface area contributed by atoms with Gasteiger partial charge in [0.1, 0.15) is 0 Å². The zero-order chi connectivity index (χ0) is 14.0. The van der Waals surface area contributed by atoms with E-state index in [1.54, 1.807) is 11.3 Å². The topological polar surface area (TPSA) is 34.6 Å². The normalized spacial score (nSPS) is 31.2. The Morgan fingerprint density at radius 1 is 1.60 bits per heavy atom. The monoisotopic (exact) mass is 296 g/mol. The van der Waals surface area contributed by atoms with E-state index in [4.69, 9.17) is 9.47 Å². The van der Waals surface area contributed by atoms with Gasteiger partial charge in [0.25, 0.3) is 0 Å². The molecule has 1 aromatic rings. The molecular formula is C15H24N2O2S. The lowest BCUT2D eigenvalue weighted by Gasteiger charge is -2.50. The van der Waals surface area contributed by atoms with E-state index >= 15 is 0 Å². The Morgan fingerprint density at radius 3 is 3.25 bits per heavy atom. The molecule has 0 bridgehead atoms. The fraction of sp³-hybridized carbons (Fsp3) is 0.800. The third kappa shape index (κ3) is 2.77. The predicted octanol–water partition coefficient (Wildman–Crippen LogP) is 2.47. The summed E-state index contributed by atoms with van der Waals surface area (Å²) in [4.78, 5) is 8.32. The first-order valence-corrected chi connectivity index (χ1v) is 8.33. The summed E-state index contributed by atoms with van der Waals surface area (Å²) in [5.74, 6) is 0. The average Bonchev–Trinajstić information content (AvgIpc) is 2.84. The lowest BCUT2D eigenvalue weighted by atomic mass is 9.73. The van der Waals surface area contributed by atoms with Gasteiger partial charge in [-0.1, -0.05) is 0 Å². The summed E-state index contributed by atoms with van der Waals surface area (Å²) in [5, 5.41) is 0. The standard InChI is InChI=1S/C15H24N2O2S/c1-12-13(20-11-16-12)8-17-6-4-14-15(9-17,10-18-2)5-3-7-19-14/h11,14H,3-10H2,1-2H3/t14-,15-/m1/s1. The van der Waals surface area contributed by atoms with Crippen LogP contribution in [0.4, 0.5) is 0 Å². The van der Waals surface area contributed by atoms with Gasteiger partial charge in [-0.05, 0) is 26.2 Å². The molecule has 3 heterocycles. The van der Waals surface area contributed by atoms with Crippen LogP contribution >= 0.6 is 11.3 Å². The Hall–Kier alpha value is -0.490. The van der Waals surface area contributed by atoms with Gasteiger partial charge in [-0.25, -0.2) is 4.98 Å². The molecule has 112 valence electrons. The molecule has 0 aliphatic carbocycles. The van der Waals surface area contributed by atoms with Crippen LogP contribution in [0.1, 0.15) is 29.8 Å². The van der Waals surface area contributed by atoms with Crippen LogP contribution in [0.15, 0.2) is 5.51 Å². The number of methoxy groups -OCH3 is 1. The van der Waals surface area contributed by atoms with Crippen molar-refractivity contribution in [3.8, 4) is 0 Å². The van der Waals surface area contributed by atoms with Crippen molar-refractivity contribution >= 4 is 11.3 Å². The molecule has 2 aliphatic rings. The van der Waals surface area contributed by atoms with E-state index in [0.717, 1.165) is 45.7 Å². The molecule has 2 atom stereocenters. The second-order valence-corrected chi connectivity index (χ2v) is 7.06. The lowest BCUT2D eigenvalue weighted by Crippen LogP contribution is -2.56. The van der Waals surface area contributed by atoms with Gasteiger partial charge in [-0.3, -0.25) is 4.90 Å². The van der Waals surface area contributed by atoms with Crippen molar-refractivity contribution in [3.63, 3.8) is 0 Å². The minimum atomic E-state index is 0.198.